The Balaban J connectivity index is 2.22. The molecular formula is C13H17N5O2. The number of nitrogens with zero attached hydrogens (tertiary/aromatic N) is 4. The Morgan fingerprint density at radius 1 is 1.50 bits per heavy atom. The molecule has 7 heteroatoms. The van der Waals surface area contributed by atoms with Crippen LogP contribution in [-0.4, -0.2) is 39.3 Å². The quantitative estimate of drug-likeness (QED) is 0.829. The molecule has 0 aliphatic heterocycles. The van der Waals surface area contributed by atoms with E-state index < -0.39 is 0 Å². The first-order valence-electron chi connectivity index (χ1n) is 6.35. The van der Waals surface area contributed by atoms with Crippen molar-refractivity contribution in [3.8, 4) is 5.69 Å². The van der Waals surface area contributed by atoms with Gasteiger partial charge in [0.1, 0.15) is 6.04 Å². The maximum absolute atomic E-state index is 11.6. The van der Waals surface area contributed by atoms with Crippen molar-refractivity contribution < 1.29 is 9.53 Å². The van der Waals surface area contributed by atoms with Crippen molar-refractivity contribution in [2.24, 2.45) is 0 Å². The highest BCUT2D eigenvalue weighted by Gasteiger charge is 2.16. The second kappa shape index (κ2) is 6.14. The molecule has 0 fully saturated rings. The van der Waals surface area contributed by atoms with Crippen molar-refractivity contribution in [3.63, 3.8) is 0 Å². The molecule has 0 spiro atoms. The van der Waals surface area contributed by atoms with E-state index in [4.69, 9.17) is 4.74 Å². The van der Waals surface area contributed by atoms with Crippen molar-refractivity contribution in [3.05, 3.63) is 30.1 Å². The number of nitrogens with one attached hydrogen (secondary N) is 1. The summed E-state index contributed by atoms with van der Waals surface area (Å²) in [5, 5.41) is 14.5. The van der Waals surface area contributed by atoms with Crippen LogP contribution in [0.4, 0.5) is 5.69 Å². The van der Waals surface area contributed by atoms with Crippen LogP contribution < -0.4 is 5.32 Å². The summed E-state index contributed by atoms with van der Waals surface area (Å²) in [4.78, 5) is 11.6. The summed E-state index contributed by atoms with van der Waals surface area (Å²) in [5.74, 6) is 0.415. The largest absolute Gasteiger partial charge is 0.467 e. The Hall–Kier alpha value is -2.44. The first-order valence-corrected chi connectivity index (χ1v) is 6.35. The van der Waals surface area contributed by atoms with Gasteiger partial charge < -0.3 is 10.1 Å². The summed E-state index contributed by atoms with van der Waals surface area (Å²) in [6.45, 7) is 3.74. The molecule has 0 aliphatic rings. The number of esters is 1. The monoisotopic (exact) mass is 275 g/mol. The van der Waals surface area contributed by atoms with Crippen LogP contribution in [0.25, 0.3) is 5.69 Å². The van der Waals surface area contributed by atoms with Gasteiger partial charge in [-0.2, -0.15) is 4.68 Å². The topological polar surface area (TPSA) is 81.9 Å². The number of methoxy groups -OCH3 is 1. The van der Waals surface area contributed by atoms with Crippen LogP contribution in [0.2, 0.25) is 0 Å². The van der Waals surface area contributed by atoms with Crippen LogP contribution in [0.15, 0.2) is 24.3 Å². The SMILES string of the molecule is CCC(Nc1cccc(-n2nnnc2C)c1)C(=O)OC. The van der Waals surface area contributed by atoms with Crippen molar-refractivity contribution >= 4 is 11.7 Å². The summed E-state index contributed by atoms with van der Waals surface area (Å²) in [6, 6.07) is 7.17. The number of hydrogen-bond donors (Lipinski definition) is 1. The molecule has 1 aromatic carbocycles. The van der Waals surface area contributed by atoms with Gasteiger partial charge in [-0.1, -0.05) is 13.0 Å². The lowest BCUT2D eigenvalue weighted by Crippen LogP contribution is -2.29. The van der Waals surface area contributed by atoms with Gasteiger partial charge in [-0.25, -0.2) is 4.79 Å². The van der Waals surface area contributed by atoms with Crippen molar-refractivity contribution in [2.45, 2.75) is 26.3 Å². The molecule has 0 saturated carbocycles. The third-order valence-corrected chi connectivity index (χ3v) is 2.95. The number of hydrogen-bond acceptors (Lipinski definition) is 6. The molecule has 2 aromatic rings. The molecular weight excluding hydrogens is 258 g/mol. The molecule has 1 N–H and O–H groups in total. The van der Waals surface area contributed by atoms with Gasteiger partial charge in [0, 0.05) is 5.69 Å². The van der Waals surface area contributed by atoms with Gasteiger partial charge in [0.2, 0.25) is 0 Å². The van der Waals surface area contributed by atoms with Gasteiger partial charge >= 0.3 is 5.97 Å². The molecule has 1 aromatic heterocycles. The molecule has 7 nitrogen and oxygen atoms in total. The predicted molar refractivity (Wildman–Crippen MR) is 73.6 cm³/mol. The Bertz CT molecular complexity index is 596. The highest BCUT2D eigenvalue weighted by atomic mass is 16.5. The molecule has 0 amide bonds. The molecule has 1 unspecified atom stereocenters. The summed E-state index contributed by atoms with van der Waals surface area (Å²) in [6.07, 6.45) is 0.640. The summed E-state index contributed by atoms with van der Waals surface area (Å²) < 4.78 is 6.39. The summed E-state index contributed by atoms with van der Waals surface area (Å²) >= 11 is 0. The van der Waals surface area contributed by atoms with Crippen LogP contribution in [0.5, 0.6) is 0 Å². The number of tetrazole rings is 1. The molecule has 2 rings (SSSR count). The van der Waals surface area contributed by atoms with Crippen molar-refractivity contribution in [1.82, 2.24) is 20.2 Å². The molecule has 0 aliphatic carbocycles. The average molecular weight is 275 g/mol. The van der Waals surface area contributed by atoms with Crippen LogP contribution in [0.1, 0.15) is 19.2 Å². The number of carbonyl (C=O) groups excluding carboxylic acids is 1. The van der Waals surface area contributed by atoms with Gasteiger partial charge in [-0.15, -0.1) is 5.10 Å². The van der Waals surface area contributed by atoms with Gasteiger partial charge in [-0.3, -0.25) is 0 Å². The highest BCUT2D eigenvalue weighted by molar-refractivity contribution is 5.79. The number of ether oxygens (including phenoxy) is 1. The number of benzene rings is 1. The molecule has 1 heterocycles. The van der Waals surface area contributed by atoms with Crippen LogP contribution in [-0.2, 0) is 9.53 Å². The normalized spacial score (nSPS) is 11.9. The van der Waals surface area contributed by atoms with E-state index in [-0.39, 0.29) is 12.0 Å². The number of rotatable bonds is 5. The van der Waals surface area contributed by atoms with E-state index in [1.807, 2.05) is 38.1 Å². The standard InChI is InChI=1S/C13H17N5O2/c1-4-12(13(19)20-3)14-10-6-5-7-11(8-10)18-9(2)15-16-17-18/h5-8,12,14H,4H2,1-3H3. The van der Waals surface area contributed by atoms with Crippen LogP contribution in [0.3, 0.4) is 0 Å². The van der Waals surface area contributed by atoms with E-state index >= 15 is 0 Å². The number of anilines is 1. The smallest absolute Gasteiger partial charge is 0.328 e. The Labute approximate surface area is 116 Å². The fourth-order valence-electron chi connectivity index (χ4n) is 1.87. The van der Waals surface area contributed by atoms with Gasteiger partial charge in [0.25, 0.3) is 0 Å². The molecule has 20 heavy (non-hydrogen) atoms. The fourth-order valence-corrected chi connectivity index (χ4v) is 1.87. The molecule has 0 radical (unpaired) electrons. The lowest BCUT2D eigenvalue weighted by molar-refractivity contribution is -0.141. The maximum Gasteiger partial charge on any atom is 0.328 e. The summed E-state index contributed by atoms with van der Waals surface area (Å²) in [5.41, 5.74) is 1.65. The second-order valence-electron chi connectivity index (χ2n) is 4.32. The van der Waals surface area contributed by atoms with Crippen molar-refractivity contribution in [1.29, 1.82) is 0 Å². The average Bonchev–Trinajstić information content (AvgIpc) is 2.90. The first-order chi connectivity index (χ1) is 9.65. The minimum Gasteiger partial charge on any atom is -0.467 e. The minimum atomic E-state index is -0.370. The Kier molecular flexibility index (Phi) is 4.29. The first kappa shape index (κ1) is 14.0. The lowest BCUT2D eigenvalue weighted by Gasteiger charge is -2.16. The third kappa shape index (κ3) is 2.93. The number of aryl methyl sites for hydroxylation is 1. The summed E-state index contributed by atoms with van der Waals surface area (Å²) in [7, 11) is 1.38. The molecule has 0 bridgehead atoms. The van der Waals surface area contributed by atoms with Crippen molar-refractivity contribution in [2.75, 3.05) is 12.4 Å². The van der Waals surface area contributed by atoms with Crippen LogP contribution >= 0.6 is 0 Å². The van der Waals surface area contributed by atoms with E-state index in [0.29, 0.717) is 12.2 Å². The molecule has 0 saturated heterocycles. The Morgan fingerprint density at radius 3 is 2.90 bits per heavy atom. The highest BCUT2D eigenvalue weighted by Crippen LogP contribution is 2.16. The van der Waals surface area contributed by atoms with Crippen LogP contribution in [0, 0.1) is 6.92 Å². The number of carbonyl (C=O) groups is 1. The fraction of sp³-hybridized carbons (Fsp3) is 0.385. The van der Waals surface area contributed by atoms with E-state index in [0.717, 1.165) is 11.4 Å². The zero-order valence-corrected chi connectivity index (χ0v) is 11.7. The minimum absolute atomic E-state index is 0.281. The van der Waals surface area contributed by atoms with E-state index in [1.54, 1.807) is 4.68 Å². The second-order valence-corrected chi connectivity index (χ2v) is 4.32. The van der Waals surface area contributed by atoms with E-state index in [1.165, 1.54) is 7.11 Å². The predicted octanol–water partition coefficient (Wildman–Crippen LogP) is 1.33. The molecule has 106 valence electrons. The molecule has 1 atom stereocenters. The maximum atomic E-state index is 11.6. The van der Waals surface area contributed by atoms with E-state index in [2.05, 4.69) is 20.8 Å². The zero-order valence-electron chi connectivity index (χ0n) is 11.7. The zero-order chi connectivity index (χ0) is 14.5. The lowest BCUT2D eigenvalue weighted by atomic mass is 10.2. The van der Waals surface area contributed by atoms with E-state index in [9.17, 15) is 4.79 Å². The third-order valence-electron chi connectivity index (χ3n) is 2.95. The number of aromatic nitrogens is 4. The Morgan fingerprint density at radius 2 is 2.30 bits per heavy atom. The van der Waals surface area contributed by atoms with Gasteiger partial charge in [0.05, 0.1) is 12.8 Å². The van der Waals surface area contributed by atoms with Gasteiger partial charge in [0.15, 0.2) is 5.82 Å². The van der Waals surface area contributed by atoms with Gasteiger partial charge in [-0.05, 0) is 42.0 Å².